The normalized spacial score (nSPS) is 29.2. The molecule has 0 radical (unpaired) electrons. The van der Waals surface area contributed by atoms with Crippen LogP contribution in [-0.4, -0.2) is 16.3 Å². The summed E-state index contributed by atoms with van der Waals surface area (Å²) in [6.07, 6.45) is 0.879. The van der Waals surface area contributed by atoms with Crippen LogP contribution in [0.25, 0.3) is 0 Å². The van der Waals surface area contributed by atoms with Crippen LogP contribution in [-0.2, 0) is 10.3 Å². The number of ether oxygens (including phenoxy) is 1. The summed E-state index contributed by atoms with van der Waals surface area (Å²) in [7, 11) is 0. The molecule has 0 saturated carbocycles. The number of aliphatic hydroxyl groups is 1. The van der Waals surface area contributed by atoms with Crippen molar-refractivity contribution in [2.45, 2.75) is 64.8 Å². The standard InChI is InChI=1S/C15H24O2S/c1-10-7-8-18-12(10)15(6,16)11-9-13(2,3)17-14(11,4)5/h7-8,11,16H,9H2,1-6H3. The predicted octanol–water partition coefficient (Wildman–Crippen LogP) is 3.86. The van der Waals surface area contributed by atoms with Gasteiger partial charge in [-0.2, -0.15) is 0 Å². The molecule has 1 N–H and O–H groups in total. The summed E-state index contributed by atoms with van der Waals surface area (Å²) in [5.41, 5.74) is -0.118. The molecule has 18 heavy (non-hydrogen) atoms. The average Bonchev–Trinajstić information content (AvgIpc) is 2.67. The van der Waals surface area contributed by atoms with E-state index >= 15 is 0 Å². The predicted molar refractivity (Wildman–Crippen MR) is 76.0 cm³/mol. The molecule has 1 fully saturated rings. The van der Waals surface area contributed by atoms with Crippen molar-refractivity contribution in [3.8, 4) is 0 Å². The lowest BCUT2D eigenvalue weighted by Gasteiger charge is -2.37. The monoisotopic (exact) mass is 268 g/mol. The van der Waals surface area contributed by atoms with Gasteiger partial charge in [0.2, 0.25) is 0 Å². The molecule has 0 bridgehead atoms. The Bertz CT molecular complexity index is 443. The lowest BCUT2D eigenvalue weighted by Crippen LogP contribution is -2.42. The first-order chi connectivity index (χ1) is 8.06. The van der Waals surface area contributed by atoms with Gasteiger partial charge in [-0.05, 0) is 65.0 Å². The van der Waals surface area contributed by atoms with Crippen LogP contribution in [0.1, 0.15) is 51.5 Å². The van der Waals surface area contributed by atoms with Gasteiger partial charge < -0.3 is 9.84 Å². The first kappa shape index (κ1) is 14.0. The second-order valence-corrected chi connectivity index (χ2v) is 7.72. The van der Waals surface area contributed by atoms with E-state index in [2.05, 4.69) is 40.7 Å². The van der Waals surface area contributed by atoms with Crippen molar-refractivity contribution >= 4 is 11.3 Å². The third kappa shape index (κ3) is 2.24. The minimum Gasteiger partial charge on any atom is -0.384 e. The number of hydrogen-bond acceptors (Lipinski definition) is 3. The van der Waals surface area contributed by atoms with E-state index < -0.39 is 5.60 Å². The van der Waals surface area contributed by atoms with Crippen LogP contribution >= 0.6 is 11.3 Å². The molecule has 1 saturated heterocycles. The van der Waals surface area contributed by atoms with Crippen molar-refractivity contribution in [3.63, 3.8) is 0 Å². The third-order valence-electron chi connectivity index (χ3n) is 4.07. The number of aryl methyl sites for hydroxylation is 1. The third-order valence-corrected chi connectivity index (χ3v) is 5.32. The topological polar surface area (TPSA) is 29.5 Å². The first-order valence-electron chi connectivity index (χ1n) is 6.53. The van der Waals surface area contributed by atoms with Gasteiger partial charge >= 0.3 is 0 Å². The first-order valence-corrected chi connectivity index (χ1v) is 7.41. The Morgan fingerprint density at radius 3 is 2.39 bits per heavy atom. The summed E-state index contributed by atoms with van der Waals surface area (Å²) in [5, 5.41) is 13.1. The molecule has 0 amide bonds. The average molecular weight is 268 g/mol. The Morgan fingerprint density at radius 2 is 2.00 bits per heavy atom. The van der Waals surface area contributed by atoms with Gasteiger partial charge in [-0.1, -0.05) is 0 Å². The summed E-state index contributed by atoms with van der Waals surface area (Å²) in [6.45, 7) is 12.4. The molecule has 0 aromatic carbocycles. The fourth-order valence-electron chi connectivity index (χ4n) is 3.49. The Hall–Kier alpha value is -0.380. The van der Waals surface area contributed by atoms with Gasteiger partial charge in [-0.3, -0.25) is 0 Å². The molecule has 2 atom stereocenters. The molecule has 0 aliphatic carbocycles. The summed E-state index contributed by atoms with van der Waals surface area (Å²) >= 11 is 1.64. The summed E-state index contributed by atoms with van der Waals surface area (Å²) in [5.74, 6) is 0.109. The van der Waals surface area contributed by atoms with Gasteiger partial charge in [0, 0.05) is 10.8 Å². The second-order valence-electron chi connectivity index (χ2n) is 6.80. The minimum absolute atomic E-state index is 0.109. The van der Waals surface area contributed by atoms with Gasteiger partial charge in [-0.15, -0.1) is 11.3 Å². The highest BCUT2D eigenvalue weighted by molar-refractivity contribution is 7.10. The van der Waals surface area contributed by atoms with Gasteiger partial charge in [0.05, 0.1) is 11.2 Å². The molecule has 1 aliphatic heterocycles. The molecule has 1 aromatic rings. The van der Waals surface area contributed by atoms with E-state index in [0.717, 1.165) is 11.3 Å². The summed E-state index contributed by atoms with van der Waals surface area (Å²) < 4.78 is 6.12. The molecule has 0 spiro atoms. The Labute approximate surface area is 114 Å². The maximum Gasteiger partial charge on any atom is 0.102 e. The zero-order chi connectivity index (χ0) is 13.8. The zero-order valence-electron chi connectivity index (χ0n) is 12.2. The fourth-order valence-corrected chi connectivity index (χ4v) is 4.53. The van der Waals surface area contributed by atoms with Crippen LogP contribution in [0.4, 0.5) is 0 Å². The summed E-state index contributed by atoms with van der Waals surface area (Å²) in [6, 6.07) is 2.07. The SMILES string of the molecule is Cc1ccsc1C(C)(O)C1CC(C)(C)OC1(C)C. The Morgan fingerprint density at radius 1 is 1.39 bits per heavy atom. The van der Waals surface area contributed by atoms with Crippen molar-refractivity contribution in [1.29, 1.82) is 0 Å². The van der Waals surface area contributed by atoms with E-state index in [9.17, 15) is 5.11 Å². The highest BCUT2D eigenvalue weighted by atomic mass is 32.1. The van der Waals surface area contributed by atoms with E-state index in [1.54, 1.807) is 11.3 Å². The van der Waals surface area contributed by atoms with E-state index in [-0.39, 0.29) is 17.1 Å². The van der Waals surface area contributed by atoms with E-state index in [1.165, 1.54) is 5.56 Å². The van der Waals surface area contributed by atoms with E-state index in [0.29, 0.717) is 0 Å². The molecule has 1 aromatic heterocycles. The lowest BCUT2D eigenvalue weighted by molar-refractivity contribution is -0.110. The molecule has 3 heteroatoms. The van der Waals surface area contributed by atoms with Crippen molar-refractivity contribution in [1.82, 2.24) is 0 Å². The van der Waals surface area contributed by atoms with Gasteiger partial charge in [0.15, 0.2) is 0 Å². The lowest BCUT2D eigenvalue weighted by atomic mass is 9.74. The number of rotatable bonds is 2. The maximum absolute atomic E-state index is 11.1. The van der Waals surface area contributed by atoms with E-state index in [1.807, 2.05) is 12.3 Å². The van der Waals surface area contributed by atoms with Crippen LogP contribution in [0.3, 0.4) is 0 Å². The Balaban J connectivity index is 2.39. The fraction of sp³-hybridized carbons (Fsp3) is 0.733. The Kier molecular flexibility index (Phi) is 3.16. The van der Waals surface area contributed by atoms with Crippen LogP contribution < -0.4 is 0 Å². The molecule has 2 heterocycles. The molecular weight excluding hydrogens is 244 g/mol. The highest BCUT2D eigenvalue weighted by Gasteiger charge is 2.54. The van der Waals surface area contributed by atoms with E-state index in [4.69, 9.17) is 4.74 Å². The van der Waals surface area contributed by atoms with Gasteiger partial charge in [0.1, 0.15) is 5.60 Å². The largest absolute Gasteiger partial charge is 0.384 e. The molecule has 2 rings (SSSR count). The van der Waals surface area contributed by atoms with Crippen molar-refractivity contribution in [3.05, 3.63) is 21.9 Å². The van der Waals surface area contributed by atoms with Gasteiger partial charge in [-0.25, -0.2) is 0 Å². The molecule has 1 aliphatic rings. The molecule has 2 unspecified atom stereocenters. The molecule has 2 nitrogen and oxygen atoms in total. The quantitative estimate of drug-likeness (QED) is 0.882. The summed E-state index contributed by atoms with van der Waals surface area (Å²) in [4.78, 5) is 1.07. The number of thiophene rings is 1. The number of hydrogen-bond donors (Lipinski definition) is 1. The van der Waals surface area contributed by atoms with Crippen molar-refractivity contribution in [2.24, 2.45) is 5.92 Å². The van der Waals surface area contributed by atoms with Crippen LogP contribution in [0, 0.1) is 12.8 Å². The van der Waals surface area contributed by atoms with Crippen LogP contribution in [0.2, 0.25) is 0 Å². The molecule has 102 valence electrons. The zero-order valence-corrected chi connectivity index (χ0v) is 13.0. The van der Waals surface area contributed by atoms with Crippen LogP contribution in [0.15, 0.2) is 11.4 Å². The highest BCUT2D eigenvalue weighted by Crippen LogP contribution is 2.51. The smallest absolute Gasteiger partial charge is 0.102 e. The van der Waals surface area contributed by atoms with Gasteiger partial charge in [0.25, 0.3) is 0 Å². The molecular formula is C15H24O2S. The van der Waals surface area contributed by atoms with Crippen molar-refractivity contribution < 1.29 is 9.84 Å². The minimum atomic E-state index is -0.824. The second kappa shape index (κ2) is 4.06. The van der Waals surface area contributed by atoms with Crippen LogP contribution in [0.5, 0.6) is 0 Å². The maximum atomic E-state index is 11.1. The van der Waals surface area contributed by atoms with Crippen molar-refractivity contribution in [2.75, 3.05) is 0 Å².